The fraction of sp³-hybridized carbons (Fsp3) is 0.167. The van der Waals surface area contributed by atoms with Crippen LogP contribution in [0.4, 0.5) is 24.7 Å². The van der Waals surface area contributed by atoms with Gasteiger partial charge in [0.25, 0.3) is 0 Å². The molecule has 0 amide bonds. The summed E-state index contributed by atoms with van der Waals surface area (Å²) in [7, 11) is 1.59. The second-order valence-electron chi connectivity index (χ2n) is 6.99. The fourth-order valence-electron chi connectivity index (χ4n) is 3.02. The van der Waals surface area contributed by atoms with E-state index in [-0.39, 0.29) is 6.01 Å². The van der Waals surface area contributed by atoms with E-state index in [9.17, 15) is 13.2 Å². The number of halogens is 3. The van der Waals surface area contributed by atoms with Crippen LogP contribution in [0.1, 0.15) is 5.56 Å². The first-order valence-electron chi connectivity index (χ1n) is 10.0. The van der Waals surface area contributed by atoms with E-state index >= 15 is 0 Å². The second-order valence-corrected chi connectivity index (χ2v) is 6.99. The number of nitrogens with zero attached hydrogens (tertiary/aromatic N) is 2. The molecule has 0 atom stereocenters. The molecule has 0 bridgehead atoms. The number of benzene rings is 3. The van der Waals surface area contributed by atoms with Crippen molar-refractivity contribution in [1.82, 2.24) is 9.97 Å². The number of alkyl halides is 3. The third-order valence-corrected chi connectivity index (χ3v) is 4.64. The first-order valence-corrected chi connectivity index (χ1v) is 10.0. The summed E-state index contributed by atoms with van der Waals surface area (Å²) < 4.78 is 54.3. The van der Waals surface area contributed by atoms with Crippen LogP contribution in [0.15, 0.2) is 72.8 Å². The van der Waals surface area contributed by atoms with Gasteiger partial charge in [-0.3, -0.25) is 0 Å². The lowest BCUT2D eigenvalue weighted by Crippen LogP contribution is -2.08. The van der Waals surface area contributed by atoms with Gasteiger partial charge in [-0.1, -0.05) is 12.1 Å². The molecule has 0 aliphatic heterocycles. The van der Waals surface area contributed by atoms with Gasteiger partial charge in [-0.15, -0.1) is 0 Å². The maximum atomic E-state index is 12.7. The summed E-state index contributed by atoms with van der Waals surface area (Å²) in [6.07, 6.45) is -4.38. The molecule has 1 N–H and O–H groups in total. The number of anilines is 2. The molecule has 0 unspecified atom stereocenters. The van der Waals surface area contributed by atoms with Gasteiger partial charge in [-0.25, -0.2) is 0 Å². The van der Waals surface area contributed by atoms with Crippen molar-refractivity contribution < 1.29 is 27.4 Å². The Labute approximate surface area is 188 Å². The zero-order valence-electron chi connectivity index (χ0n) is 17.6. The molecule has 6 nitrogen and oxygen atoms in total. The van der Waals surface area contributed by atoms with Gasteiger partial charge in [0.2, 0.25) is 0 Å². The SMILES string of the molecule is COCCOc1nc(Nc2ccc(Oc3ccc(C(F)(F)F)cc3)cc2)c2ccccc2n1. The second kappa shape index (κ2) is 9.74. The fourth-order valence-corrected chi connectivity index (χ4v) is 3.02. The first kappa shape index (κ1) is 22.3. The van der Waals surface area contributed by atoms with Crippen molar-refractivity contribution in [3.63, 3.8) is 0 Å². The summed E-state index contributed by atoms with van der Waals surface area (Å²) in [6, 6.07) is 19.3. The lowest BCUT2D eigenvalue weighted by atomic mass is 10.2. The highest BCUT2D eigenvalue weighted by atomic mass is 19.4. The van der Waals surface area contributed by atoms with Crippen molar-refractivity contribution in [2.75, 3.05) is 25.6 Å². The standard InChI is InChI=1S/C24H20F3N3O3/c1-31-14-15-32-23-29-21-5-3-2-4-20(21)22(30-23)28-17-8-12-19(13-9-17)33-18-10-6-16(7-11-18)24(25,26)27/h2-13H,14-15H2,1H3,(H,28,29,30). The molecule has 0 fully saturated rings. The van der Waals surface area contributed by atoms with Crippen molar-refractivity contribution in [2.45, 2.75) is 6.18 Å². The van der Waals surface area contributed by atoms with Crippen LogP contribution in [0, 0.1) is 0 Å². The Kier molecular flexibility index (Phi) is 6.60. The molecule has 33 heavy (non-hydrogen) atoms. The Hall–Kier alpha value is -3.85. The van der Waals surface area contributed by atoms with Crippen LogP contribution in [-0.2, 0) is 10.9 Å². The van der Waals surface area contributed by atoms with Crippen LogP contribution in [0.25, 0.3) is 10.9 Å². The summed E-state index contributed by atoms with van der Waals surface area (Å²) in [6.45, 7) is 0.740. The molecule has 4 aromatic rings. The Morgan fingerprint density at radius 3 is 2.15 bits per heavy atom. The quantitative estimate of drug-likeness (QED) is 0.319. The molecule has 1 heterocycles. The number of methoxy groups -OCH3 is 1. The molecule has 9 heteroatoms. The third kappa shape index (κ3) is 5.69. The van der Waals surface area contributed by atoms with Gasteiger partial charge in [-0.05, 0) is 60.7 Å². The van der Waals surface area contributed by atoms with E-state index in [4.69, 9.17) is 14.2 Å². The molecular weight excluding hydrogens is 435 g/mol. The Morgan fingerprint density at radius 1 is 0.818 bits per heavy atom. The van der Waals surface area contributed by atoms with Crippen LogP contribution in [0.5, 0.6) is 17.5 Å². The summed E-state index contributed by atoms with van der Waals surface area (Å²) in [4.78, 5) is 8.88. The number of hydrogen-bond donors (Lipinski definition) is 1. The van der Waals surface area contributed by atoms with Gasteiger partial charge < -0.3 is 19.5 Å². The van der Waals surface area contributed by atoms with E-state index in [1.54, 1.807) is 31.4 Å². The summed E-state index contributed by atoms with van der Waals surface area (Å²) in [5.74, 6) is 1.37. The maximum absolute atomic E-state index is 12.7. The Balaban J connectivity index is 1.49. The number of rotatable bonds is 8. The summed E-state index contributed by atoms with van der Waals surface area (Å²) >= 11 is 0. The van der Waals surface area contributed by atoms with Crippen LogP contribution < -0.4 is 14.8 Å². The number of fused-ring (bicyclic) bond motifs is 1. The number of para-hydroxylation sites is 1. The van der Waals surface area contributed by atoms with E-state index in [2.05, 4.69) is 15.3 Å². The van der Waals surface area contributed by atoms with Crippen molar-refractivity contribution >= 4 is 22.4 Å². The highest BCUT2D eigenvalue weighted by Crippen LogP contribution is 2.32. The number of aromatic nitrogens is 2. The average Bonchev–Trinajstić information content (AvgIpc) is 2.80. The number of nitrogens with one attached hydrogen (secondary N) is 1. The predicted octanol–water partition coefficient (Wildman–Crippen LogP) is 6.21. The molecule has 0 radical (unpaired) electrons. The first-order chi connectivity index (χ1) is 15.9. The zero-order chi connectivity index (χ0) is 23.3. The number of hydrogen-bond acceptors (Lipinski definition) is 6. The van der Waals surface area contributed by atoms with Crippen LogP contribution in [0.3, 0.4) is 0 Å². The molecule has 1 aromatic heterocycles. The van der Waals surface area contributed by atoms with E-state index in [0.29, 0.717) is 30.5 Å². The molecular formula is C24H20F3N3O3. The van der Waals surface area contributed by atoms with Crippen molar-refractivity contribution in [3.8, 4) is 17.5 Å². The highest BCUT2D eigenvalue weighted by molar-refractivity contribution is 5.91. The Bertz CT molecular complexity index is 1210. The van der Waals surface area contributed by atoms with Gasteiger partial charge in [0, 0.05) is 18.2 Å². The van der Waals surface area contributed by atoms with Gasteiger partial charge in [0.1, 0.15) is 23.9 Å². The summed E-state index contributed by atoms with van der Waals surface area (Å²) in [5.41, 5.74) is 0.739. The molecule has 0 saturated carbocycles. The molecule has 4 rings (SSSR count). The van der Waals surface area contributed by atoms with Crippen LogP contribution >= 0.6 is 0 Å². The average molecular weight is 455 g/mol. The lowest BCUT2D eigenvalue weighted by molar-refractivity contribution is -0.137. The van der Waals surface area contributed by atoms with E-state index in [1.165, 1.54) is 12.1 Å². The zero-order valence-corrected chi connectivity index (χ0v) is 17.6. The van der Waals surface area contributed by atoms with Crippen LogP contribution in [0.2, 0.25) is 0 Å². The van der Waals surface area contributed by atoms with Gasteiger partial charge in [-0.2, -0.15) is 23.1 Å². The molecule has 170 valence electrons. The van der Waals surface area contributed by atoms with Crippen molar-refractivity contribution in [2.24, 2.45) is 0 Å². The van der Waals surface area contributed by atoms with Gasteiger partial charge in [0.05, 0.1) is 17.7 Å². The van der Waals surface area contributed by atoms with Gasteiger partial charge >= 0.3 is 12.2 Å². The largest absolute Gasteiger partial charge is 0.461 e. The molecule has 0 aliphatic rings. The topological polar surface area (TPSA) is 65.5 Å². The minimum Gasteiger partial charge on any atom is -0.461 e. The monoisotopic (exact) mass is 455 g/mol. The number of ether oxygens (including phenoxy) is 3. The van der Waals surface area contributed by atoms with E-state index < -0.39 is 11.7 Å². The minimum absolute atomic E-state index is 0.232. The van der Waals surface area contributed by atoms with Crippen LogP contribution in [-0.4, -0.2) is 30.3 Å². The predicted molar refractivity (Wildman–Crippen MR) is 118 cm³/mol. The minimum atomic E-state index is -4.38. The maximum Gasteiger partial charge on any atom is 0.416 e. The smallest absolute Gasteiger partial charge is 0.416 e. The Morgan fingerprint density at radius 2 is 1.48 bits per heavy atom. The molecule has 0 spiro atoms. The molecule has 3 aromatic carbocycles. The lowest BCUT2D eigenvalue weighted by Gasteiger charge is -2.12. The van der Waals surface area contributed by atoms with Crippen molar-refractivity contribution in [3.05, 3.63) is 78.4 Å². The highest BCUT2D eigenvalue weighted by Gasteiger charge is 2.30. The summed E-state index contributed by atoms with van der Waals surface area (Å²) in [5, 5.41) is 4.07. The van der Waals surface area contributed by atoms with Crippen molar-refractivity contribution in [1.29, 1.82) is 0 Å². The van der Waals surface area contributed by atoms with Gasteiger partial charge in [0.15, 0.2) is 0 Å². The third-order valence-electron chi connectivity index (χ3n) is 4.64. The van der Waals surface area contributed by atoms with E-state index in [0.717, 1.165) is 28.7 Å². The van der Waals surface area contributed by atoms with E-state index in [1.807, 2.05) is 24.3 Å². The molecule has 0 aliphatic carbocycles. The normalized spacial score (nSPS) is 11.4. The molecule has 0 saturated heterocycles.